The number of benzene rings is 1. The number of carbonyl (C=O) groups is 1. The van der Waals surface area contributed by atoms with Crippen molar-refractivity contribution in [1.82, 2.24) is 10.2 Å². The number of fused-ring (bicyclic) bond motifs is 1. The molecule has 0 aliphatic carbocycles. The number of H-pyrrole nitrogens is 1. The molecule has 2 N–H and O–H groups in total. The van der Waals surface area contributed by atoms with Crippen LogP contribution in [0.25, 0.3) is 0 Å². The highest BCUT2D eigenvalue weighted by Gasteiger charge is 2.32. The van der Waals surface area contributed by atoms with Gasteiger partial charge in [0.05, 0.1) is 17.1 Å². The van der Waals surface area contributed by atoms with Crippen LogP contribution in [0.1, 0.15) is 11.4 Å². The van der Waals surface area contributed by atoms with E-state index >= 15 is 0 Å². The molecule has 0 bridgehead atoms. The second-order valence-corrected chi connectivity index (χ2v) is 7.01. The summed E-state index contributed by atoms with van der Waals surface area (Å²) in [5.41, 5.74) is 0.772. The number of carboxylic acids is 1. The van der Waals surface area contributed by atoms with Gasteiger partial charge < -0.3 is 14.6 Å². The molecule has 0 fully saturated rings. The molecule has 10 heteroatoms. The van der Waals surface area contributed by atoms with Crippen LogP contribution in [-0.4, -0.2) is 43.0 Å². The lowest BCUT2D eigenvalue weighted by molar-refractivity contribution is -0.135. The molecule has 2 heterocycles. The molecular formula is C14H15N3O6S. The molecule has 24 heavy (non-hydrogen) atoms. The first-order valence-electron chi connectivity index (χ1n) is 6.96. The minimum Gasteiger partial charge on any atom is -0.480 e. The largest absolute Gasteiger partial charge is 0.480 e. The third kappa shape index (κ3) is 2.64. The standard InChI is InChI=1S/C14H15N3O6S/c1-8-14(9(2)16-15-8)24(20,21)17(6-13(18)19)10-3-4-11-12(5-10)23-7-22-11/h3-5H,6-7H2,1-2H3,(H,15,16)(H,18,19). The zero-order valence-electron chi connectivity index (χ0n) is 12.9. The molecule has 9 nitrogen and oxygen atoms in total. The average Bonchev–Trinajstić information content (AvgIpc) is 3.10. The van der Waals surface area contributed by atoms with Crippen molar-refractivity contribution in [3.8, 4) is 11.5 Å². The van der Waals surface area contributed by atoms with Crippen molar-refractivity contribution >= 4 is 21.7 Å². The van der Waals surface area contributed by atoms with E-state index in [1.54, 1.807) is 6.92 Å². The Kier molecular flexibility index (Phi) is 3.84. The van der Waals surface area contributed by atoms with Crippen molar-refractivity contribution in [3.63, 3.8) is 0 Å². The van der Waals surface area contributed by atoms with Gasteiger partial charge in [0.2, 0.25) is 6.79 Å². The number of aromatic amines is 1. The van der Waals surface area contributed by atoms with Crippen LogP contribution in [0.2, 0.25) is 0 Å². The normalized spacial score (nSPS) is 13.1. The summed E-state index contributed by atoms with van der Waals surface area (Å²) in [6.07, 6.45) is 0. The fraction of sp³-hybridized carbons (Fsp3) is 0.286. The zero-order chi connectivity index (χ0) is 17.5. The fourth-order valence-corrected chi connectivity index (χ4v) is 4.25. The molecule has 128 valence electrons. The highest BCUT2D eigenvalue weighted by atomic mass is 32.2. The number of ether oxygens (including phenoxy) is 2. The van der Waals surface area contributed by atoms with Crippen LogP contribution in [0.4, 0.5) is 5.69 Å². The van der Waals surface area contributed by atoms with E-state index in [1.165, 1.54) is 25.1 Å². The first-order valence-corrected chi connectivity index (χ1v) is 8.40. The van der Waals surface area contributed by atoms with Crippen molar-refractivity contribution in [2.24, 2.45) is 0 Å². The van der Waals surface area contributed by atoms with Gasteiger partial charge in [-0.15, -0.1) is 0 Å². The van der Waals surface area contributed by atoms with E-state index in [2.05, 4.69) is 10.2 Å². The van der Waals surface area contributed by atoms with Crippen molar-refractivity contribution < 1.29 is 27.8 Å². The number of carboxylic acid groups (broad SMARTS) is 1. The van der Waals surface area contributed by atoms with E-state index < -0.39 is 22.5 Å². The second-order valence-electron chi connectivity index (χ2n) is 5.21. The Hall–Kier alpha value is -2.75. The van der Waals surface area contributed by atoms with Crippen LogP contribution < -0.4 is 13.8 Å². The predicted octanol–water partition coefficient (Wildman–Crippen LogP) is 1.04. The number of aromatic nitrogens is 2. The maximum atomic E-state index is 13.0. The number of aryl methyl sites for hydroxylation is 2. The molecule has 0 saturated heterocycles. The summed E-state index contributed by atoms with van der Waals surface area (Å²) in [5, 5.41) is 15.6. The van der Waals surface area contributed by atoms with Crippen LogP contribution in [0.15, 0.2) is 23.1 Å². The molecule has 0 unspecified atom stereocenters. The van der Waals surface area contributed by atoms with Gasteiger partial charge >= 0.3 is 5.97 Å². The lowest BCUT2D eigenvalue weighted by atomic mass is 10.3. The molecule has 1 aliphatic rings. The van der Waals surface area contributed by atoms with Gasteiger partial charge in [-0.3, -0.25) is 14.2 Å². The number of sulfonamides is 1. The Morgan fingerprint density at radius 1 is 1.33 bits per heavy atom. The van der Waals surface area contributed by atoms with Crippen LogP contribution >= 0.6 is 0 Å². The van der Waals surface area contributed by atoms with Crippen LogP contribution in [-0.2, 0) is 14.8 Å². The Labute approximate surface area is 137 Å². The monoisotopic (exact) mass is 353 g/mol. The van der Waals surface area contributed by atoms with Crippen molar-refractivity contribution in [2.75, 3.05) is 17.6 Å². The first-order chi connectivity index (χ1) is 11.3. The average molecular weight is 353 g/mol. The van der Waals surface area contributed by atoms with Gasteiger partial charge in [0, 0.05) is 6.07 Å². The molecule has 3 rings (SSSR count). The number of anilines is 1. The molecule has 0 radical (unpaired) electrons. The Balaban J connectivity index is 2.12. The summed E-state index contributed by atoms with van der Waals surface area (Å²) in [7, 11) is -4.12. The molecule has 0 spiro atoms. The van der Waals surface area contributed by atoms with E-state index in [4.69, 9.17) is 14.6 Å². The van der Waals surface area contributed by atoms with E-state index in [9.17, 15) is 13.2 Å². The maximum absolute atomic E-state index is 13.0. The van der Waals surface area contributed by atoms with Crippen molar-refractivity contribution in [3.05, 3.63) is 29.6 Å². The summed E-state index contributed by atoms with van der Waals surface area (Å²) >= 11 is 0. The van der Waals surface area contributed by atoms with Crippen LogP contribution in [0.3, 0.4) is 0 Å². The van der Waals surface area contributed by atoms with Gasteiger partial charge in [0.25, 0.3) is 10.0 Å². The number of aliphatic carboxylic acids is 1. The SMILES string of the molecule is Cc1n[nH]c(C)c1S(=O)(=O)N(CC(=O)O)c1ccc2c(c1)OCO2. The summed E-state index contributed by atoms with van der Waals surface area (Å²) < 4.78 is 37.2. The summed E-state index contributed by atoms with van der Waals surface area (Å²) in [6.45, 7) is 2.40. The van der Waals surface area contributed by atoms with Crippen LogP contribution in [0, 0.1) is 13.8 Å². The number of nitrogens with zero attached hydrogens (tertiary/aromatic N) is 2. The predicted molar refractivity (Wildman–Crippen MR) is 82.8 cm³/mol. The molecule has 0 atom stereocenters. The van der Waals surface area contributed by atoms with Gasteiger partial charge in [0.1, 0.15) is 11.4 Å². The van der Waals surface area contributed by atoms with E-state index in [-0.39, 0.29) is 23.1 Å². The summed E-state index contributed by atoms with van der Waals surface area (Å²) in [6, 6.07) is 4.45. The second kappa shape index (κ2) is 5.71. The molecule has 1 aromatic heterocycles. The van der Waals surface area contributed by atoms with Gasteiger partial charge in [-0.25, -0.2) is 8.42 Å². The molecule has 0 amide bonds. The smallest absolute Gasteiger partial charge is 0.324 e. The number of nitrogens with one attached hydrogen (secondary N) is 1. The minimum absolute atomic E-state index is 0.0322. The van der Waals surface area contributed by atoms with Gasteiger partial charge in [-0.05, 0) is 26.0 Å². The molecule has 2 aromatic rings. The highest BCUT2D eigenvalue weighted by Crippen LogP contribution is 2.37. The first kappa shape index (κ1) is 16.1. The van der Waals surface area contributed by atoms with E-state index in [0.29, 0.717) is 17.2 Å². The number of rotatable bonds is 5. The molecule has 0 saturated carbocycles. The summed E-state index contributed by atoms with van der Waals surface area (Å²) in [4.78, 5) is 11.2. The topological polar surface area (TPSA) is 122 Å². The third-order valence-electron chi connectivity index (χ3n) is 3.53. The molecule has 1 aromatic carbocycles. The Morgan fingerprint density at radius 3 is 2.67 bits per heavy atom. The third-order valence-corrected chi connectivity index (χ3v) is 5.57. The quantitative estimate of drug-likeness (QED) is 0.823. The number of hydrogen-bond acceptors (Lipinski definition) is 6. The maximum Gasteiger partial charge on any atom is 0.324 e. The van der Waals surface area contributed by atoms with E-state index in [0.717, 1.165) is 4.31 Å². The zero-order valence-corrected chi connectivity index (χ0v) is 13.8. The molecular weight excluding hydrogens is 338 g/mol. The van der Waals surface area contributed by atoms with Gasteiger partial charge in [-0.1, -0.05) is 0 Å². The lowest BCUT2D eigenvalue weighted by Crippen LogP contribution is -2.36. The number of hydrogen-bond donors (Lipinski definition) is 2. The van der Waals surface area contributed by atoms with Crippen molar-refractivity contribution in [1.29, 1.82) is 0 Å². The lowest BCUT2D eigenvalue weighted by Gasteiger charge is -2.23. The van der Waals surface area contributed by atoms with Gasteiger partial charge in [-0.2, -0.15) is 5.10 Å². The minimum atomic E-state index is -4.12. The van der Waals surface area contributed by atoms with Crippen molar-refractivity contribution in [2.45, 2.75) is 18.7 Å². The molecule has 1 aliphatic heterocycles. The summed E-state index contributed by atoms with van der Waals surface area (Å²) in [5.74, 6) is -0.448. The van der Waals surface area contributed by atoms with E-state index in [1.807, 2.05) is 0 Å². The Bertz CT molecular complexity index is 886. The highest BCUT2D eigenvalue weighted by molar-refractivity contribution is 7.93. The van der Waals surface area contributed by atoms with Gasteiger partial charge in [0.15, 0.2) is 11.5 Å². The van der Waals surface area contributed by atoms with Crippen LogP contribution in [0.5, 0.6) is 11.5 Å². The Morgan fingerprint density at radius 2 is 2.04 bits per heavy atom. The fourth-order valence-electron chi connectivity index (χ4n) is 2.51.